The number of nitrogens with zero attached hydrogens (tertiary/aromatic N) is 4. The molecule has 1 aliphatic heterocycles. The molecule has 4 rings (SSSR count). The Balaban J connectivity index is 1.38. The first-order chi connectivity index (χ1) is 17.8. The molecule has 0 unspecified atom stereocenters. The second-order valence-corrected chi connectivity index (χ2v) is 8.93. The fraction of sp³-hybridized carbons (Fsp3) is 0.417. The van der Waals surface area contributed by atoms with Crippen molar-refractivity contribution in [1.29, 1.82) is 0 Å². The maximum Gasteiger partial charge on any atom is 0.341 e. The summed E-state index contributed by atoms with van der Waals surface area (Å²) >= 11 is 6.06. The van der Waals surface area contributed by atoms with E-state index in [0.717, 1.165) is 50.7 Å². The van der Waals surface area contributed by atoms with Crippen LogP contribution in [0.15, 0.2) is 24.3 Å². The molecule has 3 heterocycles. The molecule has 0 aliphatic carbocycles. The molecule has 198 valence electrons. The molecule has 1 amide bonds. The Hall–Kier alpha value is -3.51. The molecule has 2 aromatic heterocycles. The van der Waals surface area contributed by atoms with E-state index >= 15 is 4.39 Å². The second-order valence-electron chi connectivity index (χ2n) is 8.57. The summed E-state index contributed by atoms with van der Waals surface area (Å²) in [6.07, 6.45) is 3.11. The number of hydrogen-bond acceptors (Lipinski definition) is 8. The zero-order valence-electron chi connectivity index (χ0n) is 20.4. The van der Waals surface area contributed by atoms with Gasteiger partial charge in [-0.1, -0.05) is 18.0 Å². The van der Waals surface area contributed by atoms with Crippen LogP contribution in [0.5, 0.6) is 5.75 Å². The maximum atomic E-state index is 15.0. The Labute approximate surface area is 216 Å². The van der Waals surface area contributed by atoms with E-state index in [1.807, 2.05) is 0 Å². The van der Waals surface area contributed by atoms with Crippen LogP contribution in [0.4, 0.5) is 14.6 Å². The highest BCUT2D eigenvalue weighted by Crippen LogP contribution is 2.28. The van der Waals surface area contributed by atoms with Crippen molar-refractivity contribution in [3.63, 3.8) is 0 Å². The number of fused-ring (bicyclic) bond motifs is 1. The van der Waals surface area contributed by atoms with Crippen LogP contribution < -0.4 is 20.3 Å². The second kappa shape index (κ2) is 11.7. The molecular formula is C24H27ClF2N6O4. The predicted octanol–water partition coefficient (Wildman–Crippen LogP) is 2.89. The fourth-order valence-corrected chi connectivity index (χ4v) is 4.30. The van der Waals surface area contributed by atoms with Crippen LogP contribution in [0.3, 0.4) is 0 Å². The number of nitrogens with one attached hydrogen (secondary N) is 2. The zero-order chi connectivity index (χ0) is 26.5. The summed E-state index contributed by atoms with van der Waals surface area (Å²) in [6.45, 7) is 0.836. The van der Waals surface area contributed by atoms with Gasteiger partial charge in [-0.15, -0.1) is 0 Å². The highest BCUT2D eigenvalue weighted by atomic mass is 35.5. The molecule has 37 heavy (non-hydrogen) atoms. The molecule has 1 aliphatic rings. The predicted molar refractivity (Wildman–Crippen MR) is 132 cm³/mol. The first kappa shape index (κ1) is 26.6. The minimum absolute atomic E-state index is 0.0124. The summed E-state index contributed by atoms with van der Waals surface area (Å²) in [5.74, 6) is -2.50. The molecule has 2 N–H and O–H groups in total. The Morgan fingerprint density at radius 1 is 1.30 bits per heavy atom. The van der Waals surface area contributed by atoms with Crippen LogP contribution in [0, 0.1) is 11.6 Å². The highest BCUT2D eigenvalue weighted by Gasteiger charge is 2.23. The lowest BCUT2D eigenvalue weighted by Crippen LogP contribution is -2.36. The number of aromatic nitrogens is 3. The normalized spacial score (nSPS) is 15.4. The fourth-order valence-electron chi connectivity index (χ4n) is 4.12. The van der Waals surface area contributed by atoms with Gasteiger partial charge in [-0.2, -0.15) is 14.0 Å². The molecule has 10 nitrogen and oxygen atoms in total. The number of esters is 1. The largest absolute Gasteiger partial charge is 0.483 e. The van der Waals surface area contributed by atoms with Gasteiger partial charge in [-0.3, -0.25) is 4.79 Å². The van der Waals surface area contributed by atoms with Gasteiger partial charge in [0.1, 0.15) is 17.1 Å². The lowest BCUT2D eigenvalue weighted by atomic mass is 10.0. The van der Waals surface area contributed by atoms with Gasteiger partial charge in [-0.25, -0.2) is 14.2 Å². The van der Waals surface area contributed by atoms with Gasteiger partial charge in [0.25, 0.3) is 5.91 Å². The van der Waals surface area contributed by atoms with Gasteiger partial charge in [-0.05, 0) is 37.6 Å². The Morgan fingerprint density at radius 2 is 2.11 bits per heavy atom. The number of ether oxygens (including phenoxy) is 2. The Bertz CT molecular complexity index is 1300. The number of halogens is 3. The van der Waals surface area contributed by atoms with Gasteiger partial charge in [0.2, 0.25) is 5.82 Å². The summed E-state index contributed by atoms with van der Waals surface area (Å²) in [4.78, 5) is 29.8. The van der Waals surface area contributed by atoms with Crippen molar-refractivity contribution in [2.24, 2.45) is 0 Å². The van der Waals surface area contributed by atoms with Crippen molar-refractivity contribution in [3.05, 3.63) is 52.3 Å². The lowest BCUT2D eigenvalue weighted by Gasteiger charge is -2.22. The topological polar surface area (TPSA) is 110 Å². The molecule has 13 heteroatoms. The van der Waals surface area contributed by atoms with E-state index in [1.165, 1.54) is 10.6 Å². The number of rotatable bonds is 9. The molecular weight excluding hydrogens is 510 g/mol. The minimum atomic E-state index is -0.790. The van der Waals surface area contributed by atoms with Gasteiger partial charge >= 0.3 is 5.97 Å². The van der Waals surface area contributed by atoms with Gasteiger partial charge in [0.05, 0.1) is 18.8 Å². The zero-order valence-corrected chi connectivity index (χ0v) is 21.1. The third-order valence-electron chi connectivity index (χ3n) is 6.00. The van der Waals surface area contributed by atoms with E-state index in [2.05, 4.69) is 25.5 Å². The number of piperidine rings is 1. The van der Waals surface area contributed by atoms with E-state index < -0.39 is 30.1 Å². The standard InChI is InChI=1S/C24H27ClF2N6O4/c1-32(10-9-29-20(34)13-37-18-7-6-14(26)11-15(18)24(35)36-2)23-21(27)22(25)30-19-12-17(31-33(19)23)16-5-3-4-8-28-16/h6-7,11-12,16,28H,3-5,8-10,13H2,1-2H3,(H,29,34)/t16-/m0/s1. The van der Waals surface area contributed by atoms with Crippen LogP contribution in [-0.4, -0.2) is 66.9 Å². The van der Waals surface area contributed by atoms with Gasteiger partial charge < -0.3 is 25.0 Å². The average molecular weight is 537 g/mol. The van der Waals surface area contributed by atoms with Crippen molar-refractivity contribution in [3.8, 4) is 5.75 Å². The number of carbonyl (C=O) groups is 2. The SMILES string of the molecule is COC(=O)c1cc(F)ccc1OCC(=O)NCCN(C)c1c(F)c(Cl)nc2cc([C@@H]3CCCCN3)nn12. The van der Waals surface area contributed by atoms with E-state index in [9.17, 15) is 14.0 Å². The van der Waals surface area contributed by atoms with E-state index in [4.69, 9.17) is 16.3 Å². The summed E-state index contributed by atoms with van der Waals surface area (Å²) in [5.41, 5.74) is 1.06. The van der Waals surface area contributed by atoms with Crippen LogP contribution in [0.1, 0.15) is 41.4 Å². The Morgan fingerprint density at radius 3 is 2.84 bits per heavy atom. The van der Waals surface area contributed by atoms with Crippen molar-refractivity contribution >= 4 is 34.9 Å². The number of methoxy groups -OCH3 is 1. The van der Waals surface area contributed by atoms with Crippen molar-refractivity contribution in [1.82, 2.24) is 25.2 Å². The summed E-state index contributed by atoms with van der Waals surface area (Å²) in [7, 11) is 2.81. The van der Waals surface area contributed by atoms with Crippen LogP contribution in [-0.2, 0) is 9.53 Å². The van der Waals surface area contributed by atoms with Crippen molar-refractivity contribution in [2.45, 2.75) is 25.3 Å². The monoisotopic (exact) mass is 536 g/mol. The van der Waals surface area contributed by atoms with Crippen molar-refractivity contribution < 1.29 is 27.8 Å². The molecule has 0 radical (unpaired) electrons. The van der Waals surface area contributed by atoms with E-state index in [1.54, 1.807) is 18.0 Å². The van der Waals surface area contributed by atoms with Crippen LogP contribution >= 0.6 is 11.6 Å². The third kappa shape index (κ3) is 6.08. The molecule has 0 bridgehead atoms. The lowest BCUT2D eigenvalue weighted by molar-refractivity contribution is -0.123. The number of likely N-dealkylation sites (N-methyl/N-ethyl adjacent to an activating group) is 1. The maximum absolute atomic E-state index is 15.0. The quantitative estimate of drug-likeness (QED) is 0.317. The molecule has 1 saturated heterocycles. The molecule has 1 fully saturated rings. The van der Waals surface area contributed by atoms with Gasteiger partial charge in [0.15, 0.2) is 23.2 Å². The highest BCUT2D eigenvalue weighted by molar-refractivity contribution is 6.30. The number of amides is 1. The van der Waals surface area contributed by atoms with E-state index in [-0.39, 0.29) is 41.4 Å². The summed E-state index contributed by atoms with van der Waals surface area (Å²) < 4.78 is 39.9. The minimum Gasteiger partial charge on any atom is -0.483 e. The number of benzene rings is 1. The van der Waals surface area contributed by atoms with Crippen LogP contribution in [0.2, 0.25) is 5.15 Å². The van der Waals surface area contributed by atoms with E-state index in [0.29, 0.717) is 5.65 Å². The molecule has 1 atom stereocenters. The molecule has 3 aromatic rings. The number of carbonyl (C=O) groups excluding carboxylic acids is 2. The van der Waals surface area contributed by atoms with Crippen molar-refractivity contribution in [2.75, 3.05) is 45.3 Å². The smallest absolute Gasteiger partial charge is 0.341 e. The number of anilines is 1. The molecule has 1 aromatic carbocycles. The first-order valence-corrected chi connectivity index (χ1v) is 12.1. The third-order valence-corrected chi connectivity index (χ3v) is 6.25. The molecule has 0 spiro atoms. The van der Waals surface area contributed by atoms with Gasteiger partial charge in [0, 0.05) is 26.2 Å². The van der Waals surface area contributed by atoms with Crippen LogP contribution in [0.25, 0.3) is 5.65 Å². The summed E-state index contributed by atoms with van der Waals surface area (Å²) in [5, 5.41) is 10.4. The molecule has 0 saturated carbocycles. The Kier molecular flexibility index (Phi) is 8.39. The summed E-state index contributed by atoms with van der Waals surface area (Å²) in [6, 6.07) is 5.17. The first-order valence-electron chi connectivity index (χ1n) is 11.7. The number of hydrogen-bond donors (Lipinski definition) is 2. The average Bonchev–Trinajstić information content (AvgIpc) is 3.31.